The van der Waals surface area contributed by atoms with Crippen molar-refractivity contribution in [2.75, 3.05) is 53.8 Å². The number of pyridine rings is 1. The molecule has 0 saturated carbocycles. The van der Waals surface area contributed by atoms with Gasteiger partial charge in [0.15, 0.2) is 0 Å². The van der Waals surface area contributed by atoms with Gasteiger partial charge in [0.2, 0.25) is 47.3 Å². The molecule has 0 bridgehead atoms. The largest absolute Gasteiger partial charge is 0.379 e. The molecule has 1 aliphatic heterocycles. The topological polar surface area (TPSA) is 305 Å². The summed E-state index contributed by atoms with van der Waals surface area (Å²) >= 11 is 0. The van der Waals surface area contributed by atoms with Gasteiger partial charge in [-0.2, -0.15) is 0 Å². The summed E-state index contributed by atoms with van der Waals surface area (Å²) < 4.78 is 12.2. The first kappa shape index (κ1) is 72.5. The monoisotopic (exact) mass is 1190 g/mol. The number of amides is 10. The van der Waals surface area contributed by atoms with Crippen molar-refractivity contribution in [1.29, 1.82) is 0 Å². The molecule has 85 heavy (non-hydrogen) atoms. The van der Waals surface area contributed by atoms with Crippen LogP contribution in [0.15, 0.2) is 48.7 Å². The van der Waals surface area contributed by atoms with Gasteiger partial charge in [0.25, 0.3) is 0 Å². The summed E-state index contributed by atoms with van der Waals surface area (Å²) in [6.45, 7) is 19.6. The van der Waals surface area contributed by atoms with Crippen LogP contribution in [0.25, 0.3) is 0 Å². The molecule has 1 fully saturated rings. The number of benzene rings is 1. The van der Waals surface area contributed by atoms with Crippen molar-refractivity contribution >= 4 is 59.0 Å². The maximum absolute atomic E-state index is 14.6. The number of aromatic nitrogens is 1. The second kappa shape index (κ2) is 36.3. The molecule has 0 radical (unpaired) electrons. The van der Waals surface area contributed by atoms with Gasteiger partial charge in [-0.3, -0.25) is 48.2 Å². The number of anilines is 1. The Morgan fingerprint density at radius 3 is 1.94 bits per heavy atom. The highest BCUT2D eigenvalue weighted by atomic mass is 16.5. The molecule has 23 nitrogen and oxygen atoms in total. The maximum atomic E-state index is 14.6. The SMILES string of the molecule is CCCCC(=O)N[C@H](C(=O)N[C@@H](CCCNC(N)=O)C(=O)Nc1ccc(CNC(=O)[C@H](Cc2ccccn2)NC(=O)[C@H](C)[C@@H](OC)[C@@H]2CCCN2C(=O)C[C@@H](OC)[C@H]([C@@H](C)CC)N(C)C(=O)[C@@H](NC(=O)[C@H](C(C)C)N(C)C)C(C)C)cc1)C(C)C. The van der Waals surface area contributed by atoms with E-state index in [1.165, 1.54) is 14.2 Å². The van der Waals surface area contributed by atoms with Crippen LogP contribution in [0.1, 0.15) is 138 Å². The number of hydrogen-bond donors (Lipinski definition) is 8. The average Bonchev–Trinajstić information content (AvgIpc) is 4.06. The molecule has 0 unspecified atom stereocenters. The molecule has 1 aromatic heterocycles. The van der Waals surface area contributed by atoms with E-state index in [1.54, 1.807) is 86.3 Å². The Kier molecular flexibility index (Phi) is 31.0. The molecule has 476 valence electrons. The molecule has 3 rings (SSSR count). The average molecular weight is 1190 g/mol. The number of nitrogens with one attached hydrogen (secondary N) is 7. The minimum atomic E-state index is -1.07. The molecule has 1 aromatic carbocycles. The Morgan fingerprint density at radius 2 is 1.39 bits per heavy atom. The number of carbonyl (C=O) groups is 9. The lowest BCUT2D eigenvalue weighted by Crippen LogP contribution is -2.59. The van der Waals surface area contributed by atoms with Crippen molar-refractivity contribution in [3.8, 4) is 0 Å². The second-order valence-corrected chi connectivity index (χ2v) is 23.8. The molecule has 9 N–H and O–H groups in total. The Morgan fingerprint density at radius 1 is 0.729 bits per heavy atom. The highest BCUT2D eigenvalue weighted by molar-refractivity contribution is 5.98. The Bertz CT molecular complexity index is 2460. The standard InChI is InChI=1S/C62H102N12O11/c1-16-18-26-49(75)70-51(37(3)4)59(80)68-45(24-21-32-65-62(63)83)58(79)67-43-29-27-42(28-30-43)36-66-57(78)46(34-44-23-19-20-31-64-44)69-56(77)41(10)55(85-15)47-25-22-33-74(47)50(76)35-48(84-14)54(40(9)17-2)73(13)61(82)52(38(5)6)71-60(81)53(39(7)8)72(11)12/h19-20,23,27-31,37-41,45-48,51-55H,16-18,21-22,24-26,32-36H2,1-15H3,(H,66,78)(H,67,79)(H,68,80)(H,69,77)(H,70,75)(H,71,81)(H3,63,65,83)/t40-,41+,45-,46-,47-,48+,51-,52-,53-,54-,55+/m0/s1. The number of hydrogen-bond acceptors (Lipinski definition) is 13. The van der Waals surface area contributed by atoms with Crippen LogP contribution >= 0.6 is 0 Å². The zero-order valence-electron chi connectivity index (χ0n) is 53.3. The summed E-state index contributed by atoms with van der Waals surface area (Å²) in [5, 5.41) is 19.8. The summed E-state index contributed by atoms with van der Waals surface area (Å²) in [7, 11) is 8.41. The molecule has 2 aromatic rings. The van der Waals surface area contributed by atoms with Crippen LogP contribution in [0.5, 0.6) is 0 Å². The number of likely N-dealkylation sites (tertiary alicyclic amines) is 1. The fourth-order valence-electron chi connectivity index (χ4n) is 11.1. The summed E-state index contributed by atoms with van der Waals surface area (Å²) in [5.41, 5.74) is 6.86. The smallest absolute Gasteiger partial charge is 0.312 e. The molecule has 23 heteroatoms. The van der Waals surface area contributed by atoms with E-state index in [1.807, 2.05) is 67.5 Å². The molecular formula is C62H102N12O11. The predicted octanol–water partition coefficient (Wildman–Crippen LogP) is 4.28. The number of urea groups is 1. The van der Waals surface area contributed by atoms with E-state index in [9.17, 15) is 43.2 Å². The lowest BCUT2D eigenvalue weighted by Gasteiger charge is -2.41. The minimum absolute atomic E-state index is 0.000653. The Balaban J connectivity index is 1.78. The molecule has 1 aliphatic rings. The number of primary amides is 1. The highest BCUT2D eigenvalue weighted by Crippen LogP contribution is 2.30. The molecular weight excluding hydrogens is 1090 g/mol. The molecule has 0 aliphatic carbocycles. The number of carbonyl (C=O) groups excluding carboxylic acids is 9. The van der Waals surface area contributed by atoms with Gasteiger partial charge in [-0.05, 0) is 99.7 Å². The van der Waals surface area contributed by atoms with Gasteiger partial charge in [-0.25, -0.2) is 4.79 Å². The van der Waals surface area contributed by atoms with Crippen molar-refractivity contribution in [3.63, 3.8) is 0 Å². The summed E-state index contributed by atoms with van der Waals surface area (Å²) in [6.07, 6.45) is 4.22. The lowest BCUT2D eigenvalue weighted by atomic mass is 9.89. The van der Waals surface area contributed by atoms with Gasteiger partial charge < -0.3 is 62.2 Å². The number of nitrogens with two attached hydrogens (primary N) is 1. The van der Waals surface area contributed by atoms with Crippen LogP contribution in [0.2, 0.25) is 0 Å². The maximum Gasteiger partial charge on any atom is 0.312 e. The zero-order valence-corrected chi connectivity index (χ0v) is 53.3. The van der Waals surface area contributed by atoms with E-state index in [0.717, 1.165) is 6.42 Å². The zero-order chi connectivity index (χ0) is 63.7. The molecule has 0 spiro atoms. The van der Waals surface area contributed by atoms with Crippen molar-refractivity contribution in [2.24, 2.45) is 35.3 Å². The number of nitrogens with zero attached hydrogens (tertiary/aromatic N) is 4. The molecule has 1 saturated heterocycles. The number of methoxy groups -OCH3 is 2. The molecule has 2 heterocycles. The Hall–Kier alpha value is -6.72. The summed E-state index contributed by atoms with van der Waals surface area (Å²) in [6, 6.07) is 6.01. The van der Waals surface area contributed by atoms with E-state index in [2.05, 4.69) is 42.2 Å². The second-order valence-electron chi connectivity index (χ2n) is 23.8. The molecule has 10 amide bonds. The van der Waals surface area contributed by atoms with Gasteiger partial charge in [0, 0.05) is 71.3 Å². The van der Waals surface area contributed by atoms with Crippen LogP contribution in [0, 0.1) is 29.6 Å². The van der Waals surface area contributed by atoms with Gasteiger partial charge in [-0.1, -0.05) is 100 Å². The van der Waals surface area contributed by atoms with E-state index in [4.69, 9.17) is 15.2 Å². The number of ether oxygens (including phenoxy) is 2. The fraction of sp³-hybridized carbons (Fsp3) is 0.677. The number of rotatable bonds is 36. The van der Waals surface area contributed by atoms with Crippen molar-refractivity contribution in [2.45, 2.75) is 194 Å². The van der Waals surface area contributed by atoms with Crippen molar-refractivity contribution in [3.05, 3.63) is 59.9 Å². The van der Waals surface area contributed by atoms with Crippen LogP contribution in [0.3, 0.4) is 0 Å². The van der Waals surface area contributed by atoms with Gasteiger partial charge in [0.1, 0.15) is 24.2 Å². The third-order valence-corrected chi connectivity index (χ3v) is 16.0. The van der Waals surface area contributed by atoms with Gasteiger partial charge in [-0.15, -0.1) is 0 Å². The quantitative estimate of drug-likeness (QED) is 0.0443. The van der Waals surface area contributed by atoms with E-state index in [0.29, 0.717) is 55.6 Å². The van der Waals surface area contributed by atoms with Crippen molar-refractivity contribution in [1.82, 2.24) is 51.6 Å². The normalized spacial score (nSPS) is 16.9. The first-order valence-corrected chi connectivity index (χ1v) is 30.3. The fourth-order valence-corrected chi connectivity index (χ4v) is 11.1. The minimum Gasteiger partial charge on any atom is -0.379 e. The van der Waals surface area contributed by atoms with Crippen LogP contribution in [-0.2, 0) is 60.8 Å². The third-order valence-electron chi connectivity index (χ3n) is 16.0. The summed E-state index contributed by atoms with van der Waals surface area (Å²) in [4.78, 5) is 132. The highest BCUT2D eigenvalue weighted by Gasteiger charge is 2.44. The number of likely N-dealkylation sites (N-methyl/N-ethyl adjacent to an activating group) is 2. The lowest BCUT2D eigenvalue weighted by molar-refractivity contribution is -0.148. The predicted molar refractivity (Wildman–Crippen MR) is 327 cm³/mol. The number of unbranched alkanes of at least 4 members (excludes halogenated alkanes) is 1. The Labute approximate surface area is 504 Å². The van der Waals surface area contributed by atoms with E-state index < -0.39 is 90.1 Å². The van der Waals surface area contributed by atoms with Crippen LogP contribution in [0.4, 0.5) is 10.5 Å². The molecule has 11 atom stereocenters. The van der Waals surface area contributed by atoms with Gasteiger partial charge >= 0.3 is 6.03 Å². The van der Waals surface area contributed by atoms with Crippen molar-refractivity contribution < 1.29 is 52.6 Å². The van der Waals surface area contributed by atoms with Crippen LogP contribution < -0.4 is 43.0 Å². The first-order valence-electron chi connectivity index (χ1n) is 30.3. The van der Waals surface area contributed by atoms with Gasteiger partial charge in [0.05, 0.1) is 42.7 Å². The first-order chi connectivity index (χ1) is 40.2. The third kappa shape index (κ3) is 22.6. The van der Waals surface area contributed by atoms with Crippen LogP contribution in [-0.4, -0.2) is 176 Å². The van der Waals surface area contributed by atoms with E-state index in [-0.39, 0.29) is 86.1 Å². The van der Waals surface area contributed by atoms with E-state index >= 15 is 0 Å². The summed E-state index contributed by atoms with van der Waals surface area (Å²) in [5.74, 6) is -4.44.